The molecule has 192 valence electrons. The van der Waals surface area contributed by atoms with Gasteiger partial charge >= 0.3 is 5.97 Å². The lowest BCUT2D eigenvalue weighted by Crippen LogP contribution is -2.55. The fourth-order valence-electron chi connectivity index (χ4n) is 3.95. The molecule has 10 nitrogen and oxygen atoms in total. The maximum absolute atomic E-state index is 15.2. The van der Waals surface area contributed by atoms with Crippen LogP contribution in [0.5, 0.6) is 5.75 Å². The third kappa shape index (κ3) is 5.02. The highest BCUT2D eigenvalue weighted by Gasteiger charge is 2.39. The van der Waals surface area contributed by atoms with Crippen molar-refractivity contribution in [2.45, 2.75) is 51.6 Å². The molecule has 0 saturated carbocycles. The van der Waals surface area contributed by atoms with Crippen molar-refractivity contribution < 1.29 is 28.2 Å². The second-order valence-corrected chi connectivity index (χ2v) is 9.67. The summed E-state index contributed by atoms with van der Waals surface area (Å²) in [7, 11) is 1.70. The van der Waals surface area contributed by atoms with Crippen molar-refractivity contribution in [2.75, 3.05) is 36.6 Å². The normalized spacial score (nSPS) is 18.6. The summed E-state index contributed by atoms with van der Waals surface area (Å²) < 4.78 is 34.9. The van der Waals surface area contributed by atoms with Gasteiger partial charge < -0.3 is 25.8 Å². The predicted octanol–water partition coefficient (Wildman–Crippen LogP) is 1.55. The molecule has 1 saturated heterocycles. The molecule has 0 spiro atoms. The number of carbonyl (C=O) groups excluding carboxylic acids is 1. The van der Waals surface area contributed by atoms with E-state index in [1.807, 2.05) is 0 Å². The van der Waals surface area contributed by atoms with Crippen LogP contribution in [0.3, 0.4) is 0 Å². The van der Waals surface area contributed by atoms with E-state index in [9.17, 15) is 23.9 Å². The van der Waals surface area contributed by atoms with E-state index in [1.165, 1.54) is 24.7 Å². The number of aromatic nitrogens is 1. The van der Waals surface area contributed by atoms with E-state index in [2.05, 4.69) is 5.32 Å². The van der Waals surface area contributed by atoms with Gasteiger partial charge in [0, 0.05) is 38.9 Å². The molecule has 35 heavy (non-hydrogen) atoms. The number of carboxylic acids is 1. The molecule has 2 aliphatic rings. The first-order chi connectivity index (χ1) is 16.2. The number of hydrogen-bond donors (Lipinski definition) is 3. The largest absolute Gasteiger partial charge is 0.477 e. The number of rotatable bonds is 5. The van der Waals surface area contributed by atoms with Crippen LogP contribution in [0.15, 0.2) is 17.1 Å². The van der Waals surface area contributed by atoms with Gasteiger partial charge in [0.25, 0.3) is 0 Å². The number of benzene rings is 1. The van der Waals surface area contributed by atoms with E-state index < -0.39 is 34.2 Å². The molecule has 1 atom stereocenters. The first kappa shape index (κ1) is 26.2. The molecule has 2 aromatic rings. The summed E-state index contributed by atoms with van der Waals surface area (Å²) >= 11 is 0. The Morgan fingerprint density at radius 1 is 1.43 bits per heavy atom. The number of carbonyl (C=O) groups is 2. The molecule has 1 fully saturated rings. The minimum atomic E-state index is -1.38. The molecule has 3 heterocycles. The van der Waals surface area contributed by atoms with Crippen LogP contribution in [0, 0.1) is 5.82 Å². The van der Waals surface area contributed by atoms with Crippen LogP contribution < -0.4 is 31.1 Å². The molecule has 1 amide bonds. The van der Waals surface area contributed by atoms with Gasteiger partial charge in [-0.15, -0.1) is 0 Å². The van der Waals surface area contributed by atoms with Gasteiger partial charge in [-0.05, 0) is 40.2 Å². The van der Waals surface area contributed by atoms with E-state index in [-0.39, 0.29) is 29.4 Å². The molecule has 1 aromatic heterocycles. The SMILES string of the molecule is CC(C)(F)CN.CN1n2cc(C(=O)O)c(=O)c3cc(F)c(N4CCC(NC=O)C4)c(c32)OC1(C)C. The molecule has 0 bridgehead atoms. The number of pyridine rings is 1. The van der Waals surface area contributed by atoms with Crippen molar-refractivity contribution in [2.24, 2.45) is 5.73 Å². The number of anilines is 1. The van der Waals surface area contributed by atoms with Gasteiger partial charge in [0.15, 0.2) is 17.3 Å². The average molecular weight is 496 g/mol. The predicted molar refractivity (Wildman–Crippen MR) is 128 cm³/mol. The van der Waals surface area contributed by atoms with Gasteiger partial charge in [-0.25, -0.2) is 13.6 Å². The fourth-order valence-corrected chi connectivity index (χ4v) is 3.95. The van der Waals surface area contributed by atoms with Crippen molar-refractivity contribution in [3.05, 3.63) is 33.9 Å². The molecule has 0 aliphatic carbocycles. The third-order valence-corrected chi connectivity index (χ3v) is 6.13. The second kappa shape index (κ2) is 9.33. The molecule has 1 unspecified atom stereocenters. The third-order valence-electron chi connectivity index (χ3n) is 6.13. The summed E-state index contributed by atoms with van der Waals surface area (Å²) in [5, 5.41) is 13.7. The maximum atomic E-state index is 15.2. The number of ether oxygens (including phenoxy) is 1. The molecule has 1 aromatic carbocycles. The number of alkyl halides is 1. The minimum absolute atomic E-state index is 0.0646. The van der Waals surface area contributed by atoms with Crippen LogP contribution >= 0.6 is 0 Å². The number of nitrogens with one attached hydrogen (secondary N) is 1. The summed E-state index contributed by atoms with van der Waals surface area (Å²) in [5.41, 5.74) is 2.11. The Morgan fingerprint density at radius 2 is 2.06 bits per heavy atom. The van der Waals surface area contributed by atoms with Crippen LogP contribution in [0.4, 0.5) is 14.5 Å². The highest BCUT2D eigenvalue weighted by molar-refractivity contribution is 5.97. The van der Waals surface area contributed by atoms with Crippen molar-refractivity contribution in [1.29, 1.82) is 0 Å². The lowest BCUT2D eigenvalue weighted by molar-refractivity contribution is -0.110. The molecule has 2 aliphatic heterocycles. The summed E-state index contributed by atoms with van der Waals surface area (Å²) in [5.74, 6) is -1.87. The smallest absolute Gasteiger partial charge is 0.341 e. The molecule has 12 heteroatoms. The van der Waals surface area contributed by atoms with E-state index in [1.54, 1.807) is 30.8 Å². The van der Waals surface area contributed by atoms with Gasteiger partial charge in [0.05, 0.1) is 5.39 Å². The maximum Gasteiger partial charge on any atom is 0.341 e. The Morgan fingerprint density at radius 3 is 2.60 bits per heavy atom. The van der Waals surface area contributed by atoms with Crippen molar-refractivity contribution in [3.8, 4) is 5.75 Å². The molecule has 0 radical (unpaired) electrons. The van der Waals surface area contributed by atoms with Crippen LogP contribution in [-0.4, -0.2) is 66.3 Å². The molecule has 4 N–H and O–H groups in total. The van der Waals surface area contributed by atoms with E-state index in [4.69, 9.17) is 10.5 Å². The quantitative estimate of drug-likeness (QED) is 0.533. The Bertz CT molecular complexity index is 1210. The lowest BCUT2D eigenvalue weighted by Gasteiger charge is -2.44. The Kier molecular flexibility index (Phi) is 6.98. The van der Waals surface area contributed by atoms with Crippen molar-refractivity contribution >= 4 is 29.0 Å². The van der Waals surface area contributed by atoms with Crippen molar-refractivity contribution in [3.63, 3.8) is 0 Å². The average Bonchev–Trinajstić information content (AvgIpc) is 3.21. The van der Waals surface area contributed by atoms with Gasteiger partial charge in [0.1, 0.15) is 22.4 Å². The number of carboxylic acid groups (broad SMARTS) is 1. The fraction of sp³-hybridized carbons (Fsp3) is 0.522. The van der Waals surface area contributed by atoms with Crippen LogP contribution in [-0.2, 0) is 4.79 Å². The van der Waals surface area contributed by atoms with E-state index >= 15 is 4.39 Å². The summed E-state index contributed by atoms with van der Waals surface area (Å²) in [6, 6.07) is 0.945. The number of nitrogens with zero attached hydrogens (tertiary/aromatic N) is 3. The van der Waals surface area contributed by atoms with Crippen molar-refractivity contribution in [1.82, 2.24) is 9.99 Å². The zero-order chi connectivity index (χ0) is 26.3. The Hall–Kier alpha value is -3.41. The monoisotopic (exact) mass is 495 g/mol. The highest BCUT2D eigenvalue weighted by atomic mass is 19.1. The number of halogens is 2. The first-order valence-corrected chi connectivity index (χ1v) is 11.1. The van der Waals surface area contributed by atoms with Crippen LogP contribution in [0.25, 0.3) is 10.9 Å². The number of hydrogen-bond acceptors (Lipinski definition) is 7. The minimum Gasteiger partial charge on any atom is -0.477 e. The Labute approximate surface area is 201 Å². The van der Waals surface area contributed by atoms with Gasteiger partial charge in [-0.1, -0.05) is 0 Å². The van der Waals surface area contributed by atoms with Crippen LogP contribution in [0.1, 0.15) is 44.5 Å². The zero-order valence-corrected chi connectivity index (χ0v) is 20.4. The van der Waals surface area contributed by atoms with E-state index in [0.29, 0.717) is 31.4 Å². The molecule has 4 rings (SSSR count). The van der Waals surface area contributed by atoms with E-state index in [0.717, 1.165) is 6.07 Å². The zero-order valence-electron chi connectivity index (χ0n) is 20.4. The van der Waals surface area contributed by atoms with Crippen LogP contribution in [0.2, 0.25) is 0 Å². The second-order valence-electron chi connectivity index (χ2n) is 9.67. The summed E-state index contributed by atoms with van der Waals surface area (Å²) in [6.07, 6.45) is 2.50. The van der Waals surface area contributed by atoms with Gasteiger partial charge in [-0.2, -0.15) is 0 Å². The molecular weight excluding hydrogens is 464 g/mol. The standard InChI is InChI=1S/C19H21FN4O5.C4H10FN/c1-19(2)22(3)24-8-12(18(27)28)16(26)11-6-13(20)15(17(29-19)14(11)24)23-5-4-10(7-23)21-9-25;1-4(2,5)3-6/h6,8-10H,4-5,7H2,1-3H3,(H,21,25)(H,27,28);3,6H2,1-2H3. The Balaban J connectivity index is 0.000000509. The highest BCUT2D eigenvalue weighted by Crippen LogP contribution is 2.44. The topological polar surface area (TPSA) is 130 Å². The lowest BCUT2D eigenvalue weighted by atomic mass is 10.1. The van der Waals surface area contributed by atoms with Gasteiger partial charge in [-0.3, -0.25) is 19.3 Å². The molecular formula is C23H31F2N5O5. The van der Waals surface area contributed by atoms with Gasteiger partial charge in [0.2, 0.25) is 11.8 Å². The first-order valence-electron chi connectivity index (χ1n) is 11.1. The summed E-state index contributed by atoms with van der Waals surface area (Å²) in [6.45, 7) is 7.42. The summed E-state index contributed by atoms with van der Waals surface area (Å²) in [4.78, 5) is 36.8. The number of aromatic carboxylic acids is 1. The number of amides is 1. The number of nitrogens with two attached hydrogens (primary N) is 1.